The molecule has 0 aromatic heterocycles. The monoisotopic (exact) mass is 277 g/mol. The zero-order valence-corrected chi connectivity index (χ0v) is 12.7. The molecular formula is C16H27N3O. The van der Waals surface area contributed by atoms with Crippen molar-refractivity contribution in [3.8, 4) is 5.75 Å². The first-order chi connectivity index (χ1) is 9.71. The van der Waals surface area contributed by atoms with E-state index in [1.807, 2.05) is 12.1 Å². The van der Waals surface area contributed by atoms with Gasteiger partial charge in [-0.05, 0) is 50.1 Å². The van der Waals surface area contributed by atoms with Crippen LogP contribution < -0.4 is 15.8 Å². The van der Waals surface area contributed by atoms with E-state index >= 15 is 0 Å². The van der Waals surface area contributed by atoms with Crippen molar-refractivity contribution in [2.45, 2.75) is 31.7 Å². The number of rotatable bonds is 6. The SMILES string of the molecule is CCCN1CCC(CN)(Nc2ccc(OC)cc2)CC1. The van der Waals surface area contributed by atoms with Crippen molar-refractivity contribution in [1.82, 2.24) is 4.90 Å². The lowest BCUT2D eigenvalue weighted by Crippen LogP contribution is -2.53. The van der Waals surface area contributed by atoms with Gasteiger partial charge in [0, 0.05) is 25.3 Å². The number of hydrogen-bond acceptors (Lipinski definition) is 4. The van der Waals surface area contributed by atoms with Gasteiger partial charge >= 0.3 is 0 Å². The van der Waals surface area contributed by atoms with Gasteiger partial charge in [0.2, 0.25) is 0 Å². The largest absolute Gasteiger partial charge is 0.497 e. The Labute approximate surface area is 122 Å². The fourth-order valence-corrected chi connectivity index (χ4v) is 2.88. The van der Waals surface area contributed by atoms with Crippen molar-refractivity contribution in [3.05, 3.63) is 24.3 Å². The van der Waals surface area contributed by atoms with Gasteiger partial charge in [0.05, 0.1) is 12.6 Å². The van der Waals surface area contributed by atoms with Crippen LogP contribution in [0.1, 0.15) is 26.2 Å². The predicted molar refractivity (Wildman–Crippen MR) is 84.4 cm³/mol. The molecule has 0 spiro atoms. The second-order valence-electron chi connectivity index (χ2n) is 5.68. The number of nitrogens with zero attached hydrogens (tertiary/aromatic N) is 1. The summed E-state index contributed by atoms with van der Waals surface area (Å²) in [5.74, 6) is 0.884. The van der Waals surface area contributed by atoms with Gasteiger partial charge < -0.3 is 20.7 Å². The minimum absolute atomic E-state index is 0.0405. The number of nitrogens with one attached hydrogen (secondary N) is 1. The Morgan fingerprint density at radius 3 is 2.40 bits per heavy atom. The Balaban J connectivity index is 1.97. The number of benzene rings is 1. The highest BCUT2D eigenvalue weighted by atomic mass is 16.5. The lowest BCUT2D eigenvalue weighted by Gasteiger charge is -2.42. The van der Waals surface area contributed by atoms with E-state index in [1.54, 1.807) is 7.11 Å². The minimum Gasteiger partial charge on any atom is -0.497 e. The summed E-state index contributed by atoms with van der Waals surface area (Å²) in [7, 11) is 1.69. The molecule has 0 amide bonds. The van der Waals surface area contributed by atoms with E-state index in [0.717, 1.165) is 37.4 Å². The van der Waals surface area contributed by atoms with Crippen molar-refractivity contribution in [3.63, 3.8) is 0 Å². The molecule has 1 saturated heterocycles. The van der Waals surface area contributed by atoms with E-state index in [-0.39, 0.29) is 5.54 Å². The molecule has 0 radical (unpaired) electrons. The second-order valence-corrected chi connectivity index (χ2v) is 5.68. The first-order valence-corrected chi connectivity index (χ1v) is 7.56. The summed E-state index contributed by atoms with van der Waals surface area (Å²) in [5.41, 5.74) is 7.22. The van der Waals surface area contributed by atoms with Crippen LogP contribution in [0.3, 0.4) is 0 Å². The molecule has 1 heterocycles. The topological polar surface area (TPSA) is 50.5 Å². The summed E-state index contributed by atoms with van der Waals surface area (Å²) in [4.78, 5) is 2.53. The molecule has 1 fully saturated rings. The summed E-state index contributed by atoms with van der Waals surface area (Å²) in [5, 5.41) is 3.65. The van der Waals surface area contributed by atoms with Crippen LogP contribution >= 0.6 is 0 Å². The standard InChI is InChI=1S/C16H27N3O/c1-3-10-19-11-8-16(13-17,9-12-19)18-14-4-6-15(20-2)7-5-14/h4-7,18H,3,8-13,17H2,1-2H3. The number of anilines is 1. The maximum absolute atomic E-state index is 6.06. The number of methoxy groups -OCH3 is 1. The van der Waals surface area contributed by atoms with Crippen molar-refractivity contribution in [1.29, 1.82) is 0 Å². The fourth-order valence-electron chi connectivity index (χ4n) is 2.88. The highest BCUT2D eigenvalue weighted by molar-refractivity contribution is 5.48. The number of piperidine rings is 1. The second kappa shape index (κ2) is 6.95. The molecule has 3 N–H and O–H groups in total. The van der Waals surface area contributed by atoms with Crippen molar-refractivity contribution < 1.29 is 4.74 Å². The highest BCUT2D eigenvalue weighted by Crippen LogP contribution is 2.27. The third-order valence-corrected chi connectivity index (χ3v) is 4.24. The summed E-state index contributed by atoms with van der Waals surface area (Å²) in [6.45, 7) is 6.38. The zero-order valence-electron chi connectivity index (χ0n) is 12.7. The van der Waals surface area contributed by atoms with Crippen LogP contribution in [-0.4, -0.2) is 43.7 Å². The molecule has 0 bridgehead atoms. The van der Waals surface area contributed by atoms with Gasteiger partial charge in [-0.1, -0.05) is 6.92 Å². The molecule has 1 aromatic carbocycles. The smallest absolute Gasteiger partial charge is 0.119 e. The van der Waals surface area contributed by atoms with Gasteiger partial charge in [-0.15, -0.1) is 0 Å². The quantitative estimate of drug-likeness (QED) is 0.838. The van der Waals surface area contributed by atoms with Gasteiger partial charge in [0.1, 0.15) is 5.75 Å². The number of hydrogen-bond donors (Lipinski definition) is 2. The molecule has 0 atom stereocenters. The van der Waals surface area contributed by atoms with Gasteiger partial charge in [-0.2, -0.15) is 0 Å². The summed E-state index contributed by atoms with van der Waals surface area (Å²) >= 11 is 0. The Hall–Kier alpha value is -1.26. The van der Waals surface area contributed by atoms with E-state index < -0.39 is 0 Å². The normalized spacial score (nSPS) is 18.8. The van der Waals surface area contributed by atoms with Crippen LogP contribution in [0.5, 0.6) is 5.75 Å². The van der Waals surface area contributed by atoms with Crippen LogP contribution in [0.2, 0.25) is 0 Å². The Kier molecular flexibility index (Phi) is 5.26. The molecule has 20 heavy (non-hydrogen) atoms. The van der Waals surface area contributed by atoms with Crippen LogP contribution in [-0.2, 0) is 0 Å². The Bertz CT molecular complexity index is 397. The van der Waals surface area contributed by atoms with Gasteiger partial charge in [-0.3, -0.25) is 0 Å². The molecular weight excluding hydrogens is 250 g/mol. The fraction of sp³-hybridized carbons (Fsp3) is 0.625. The molecule has 1 aliphatic heterocycles. The average molecular weight is 277 g/mol. The zero-order chi connectivity index (χ0) is 14.4. The highest BCUT2D eigenvalue weighted by Gasteiger charge is 2.32. The summed E-state index contributed by atoms with van der Waals surface area (Å²) in [6.07, 6.45) is 3.44. The van der Waals surface area contributed by atoms with Crippen LogP contribution in [0.4, 0.5) is 5.69 Å². The Morgan fingerprint density at radius 1 is 1.25 bits per heavy atom. The van der Waals surface area contributed by atoms with E-state index in [4.69, 9.17) is 10.5 Å². The maximum Gasteiger partial charge on any atom is 0.119 e. The van der Waals surface area contributed by atoms with Gasteiger partial charge in [0.25, 0.3) is 0 Å². The Morgan fingerprint density at radius 2 is 1.90 bits per heavy atom. The first kappa shape index (κ1) is 15.1. The van der Waals surface area contributed by atoms with E-state index in [2.05, 4.69) is 29.3 Å². The van der Waals surface area contributed by atoms with Crippen molar-refractivity contribution in [2.24, 2.45) is 5.73 Å². The summed E-state index contributed by atoms with van der Waals surface area (Å²) in [6, 6.07) is 8.10. The minimum atomic E-state index is 0.0405. The number of nitrogens with two attached hydrogens (primary N) is 1. The molecule has 1 aliphatic rings. The summed E-state index contributed by atoms with van der Waals surface area (Å²) < 4.78 is 5.19. The van der Waals surface area contributed by atoms with Crippen LogP contribution in [0, 0.1) is 0 Å². The molecule has 1 aromatic rings. The molecule has 0 saturated carbocycles. The molecule has 4 heteroatoms. The first-order valence-electron chi connectivity index (χ1n) is 7.56. The lowest BCUT2D eigenvalue weighted by molar-refractivity contribution is 0.177. The molecule has 112 valence electrons. The third-order valence-electron chi connectivity index (χ3n) is 4.24. The van der Waals surface area contributed by atoms with Crippen LogP contribution in [0.25, 0.3) is 0 Å². The van der Waals surface area contributed by atoms with Crippen molar-refractivity contribution >= 4 is 5.69 Å². The third kappa shape index (κ3) is 3.64. The van der Waals surface area contributed by atoms with E-state index in [9.17, 15) is 0 Å². The molecule has 0 unspecified atom stereocenters. The molecule has 4 nitrogen and oxygen atoms in total. The van der Waals surface area contributed by atoms with E-state index in [0.29, 0.717) is 6.54 Å². The molecule has 2 rings (SSSR count). The van der Waals surface area contributed by atoms with E-state index in [1.165, 1.54) is 13.0 Å². The number of likely N-dealkylation sites (tertiary alicyclic amines) is 1. The predicted octanol–water partition coefficient (Wildman–Crippen LogP) is 2.31. The van der Waals surface area contributed by atoms with Gasteiger partial charge in [0.15, 0.2) is 0 Å². The van der Waals surface area contributed by atoms with Crippen LogP contribution in [0.15, 0.2) is 24.3 Å². The number of ether oxygens (including phenoxy) is 1. The van der Waals surface area contributed by atoms with Gasteiger partial charge in [-0.25, -0.2) is 0 Å². The average Bonchev–Trinajstić information content (AvgIpc) is 2.50. The lowest BCUT2D eigenvalue weighted by atomic mass is 9.87. The maximum atomic E-state index is 6.06. The van der Waals surface area contributed by atoms with Crippen molar-refractivity contribution in [2.75, 3.05) is 38.6 Å². The molecule has 0 aliphatic carbocycles.